The zero-order valence-electron chi connectivity index (χ0n) is 9.97. The maximum absolute atomic E-state index is 11.5. The van der Waals surface area contributed by atoms with E-state index in [0.29, 0.717) is 5.69 Å². The molecule has 0 saturated heterocycles. The van der Waals surface area contributed by atoms with Gasteiger partial charge in [-0.3, -0.25) is 4.84 Å². The lowest BCUT2D eigenvalue weighted by atomic mass is 10.2. The van der Waals surface area contributed by atoms with Crippen molar-refractivity contribution in [3.05, 3.63) is 59.4 Å². The third kappa shape index (κ3) is 4.24. The van der Waals surface area contributed by atoms with Crippen LogP contribution in [0.2, 0.25) is 5.15 Å². The van der Waals surface area contributed by atoms with Gasteiger partial charge in [-0.25, -0.2) is 15.3 Å². The third-order valence-electron chi connectivity index (χ3n) is 2.25. The third-order valence-corrected chi connectivity index (χ3v) is 2.56. The van der Waals surface area contributed by atoms with Crippen molar-refractivity contribution in [1.82, 2.24) is 10.5 Å². The number of hydrogen-bond donors (Lipinski definition) is 2. The summed E-state index contributed by atoms with van der Waals surface area (Å²) < 4.78 is 0. The molecular formula is C13H12ClN3O2. The van der Waals surface area contributed by atoms with Crippen LogP contribution in [0, 0.1) is 0 Å². The lowest BCUT2D eigenvalue weighted by Crippen LogP contribution is -2.28. The van der Waals surface area contributed by atoms with Gasteiger partial charge in [0.25, 0.3) is 0 Å². The Morgan fingerprint density at radius 2 is 2.00 bits per heavy atom. The van der Waals surface area contributed by atoms with E-state index >= 15 is 0 Å². The summed E-state index contributed by atoms with van der Waals surface area (Å²) in [7, 11) is 0. The number of rotatable bonds is 4. The molecule has 0 bridgehead atoms. The monoisotopic (exact) mass is 277 g/mol. The highest BCUT2D eigenvalue weighted by atomic mass is 35.5. The highest BCUT2D eigenvalue weighted by molar-refractivity contribution is 6.32. The smallest absolute Gasteiger partial charge is 0.303 e. The van der Waals surface area contributed by atoms with Gasteiger partial charge in [-0.1, -0.05) is 41.9 Å². The summed E-state index contributed by atoms with van der Waals surface area (Å²) >= 11 is 5.80. The van der Waals surface area contributed by atoms with Gasteiger partial charge in [0.05, 0.1) is 12.3 Å². The minimum absolute atomic E-state index is 0.223. The molecule has 6 heteroatoms. The van der Waals surface area contributed by atoms with E-state index in [1.54, 1.807) is 12.1 Å². The van der Waals surface area contributed by atoms with Crippen molar-refractivity contribution in [2.75, 3.05) is 5.32 Å². The first-order chi connectivity index (χ1) is 9.25. The number of nitrogens with zero attached hydrogens (tertiary/aromatic N) is 1. The van der Waals surface area contributed by atoms with E-state index in [1.807, 2.05) is 30.3 Å². The summed E-state index contributed by atoms with van der Waals surface area (Å²) in [6, 6.07) is 12.3. The fourth-order valence-corrected chi connectivity index (χ4v) is 1.55. The molecule has 0 aliphatic heterocycles. The minimum atomic E-state index is -0.508. The van der Waals surface area contributed by atoms with Crippen molar-refractivity contribution in [3.8, 4) is 0 Å². The van der Waals surface area contributed by atoms with Crippen molar-refractivity contribution < 1.29 is 9.63 Å². The van der Waals surface area contributed by atoms with Crippen molar-refractivity contribution in [2.24, 2.45) is 0 Å². The molecule has 0 fully saturated rings. The maximum Gasteiger partial charge on any atom is 0.343 e. The van der Waals surface area contributed by atoms with Gasteiger partial charge in [0.1, 0.15) is 0 Å². The molecule has 5 nitrogen and oxygen atoms in total. The lowest BCUT2D eigenvalue weighted by molar-refractivity contribution is 0.0536. The van der Waals surface area contributed by atoms with E-state index in [2.05, 4.69) is 15.8 Å². The molecule has 0 aliphatic rings. The van der Waals surface area contributed by atoms with Gasteiger partial charge >= 0.3 is 6.03 Å². The predicted octanol–water partition coefficient (Wildman–Crippen LogP) is 2.99. The molecule has 1 heterocycles. The molecule has 0 spiro atoms. The number of urea groups is 1. The molecule has 2 N–H and O–H groups in total. The highest BCUT2D eigenvalue weighted by Gasteiger charge is 2.05. The summed E-state index contributed by atoms with van der Waals surface area (Å²) in [5.41, 5.74) is 3.65. The second-order valence-electron chi connectivity index (χ2n) is 3.67. The minimum Gasteiger partial charge on any atom is -0.303 e. The first kappa shape index (κ1) is 13.3. The SMILES string of the molecule is O=C(NOCc1ccccc1)Nc1cccnc1Cl. The summed E-state index contributed by atoms with van der Waals surface area (Å²) in [4.78, 5) is 20.4. The van der Waals surface area contributed by atoms with Crippen LogP contribution in [0.3, 0.4) is 0 Å². The lowest BCUT2D eigenvalue weighted by Gasteiger charge is -2.08. The Balaban J connectivity index is 1.78. The van der Waals surface area contributed by atoms with Crippen LogP contribution in [0.4, 0.5) is 10.5 Å². The number of halogens is 1. The molecule has 0 saturated carbocycles. The molecule has 0 radical (unpaired) electrons. The first-order valence-electron chi connectivity index (χ1n) is 5.59. The number of pyridine rings is 1. The zero-order chi connectivity index (χ0) is 13.5. The number of carbonyl (C=O) groups is 1. The molecule has 19 heavy (non-hydrogen) atoms. The molecule has 2 amide bonds. The molecule has 1 aromatic heterocycles. The van der Waals surface area contributed by atoms with Gasteiger partial charge in [0, 0.05) is 6.20 Å². The first-order valence-corrected chi connectivity index (χ1v) is 5.97. The molecule has 0 unspecified atom stereocenters. The molecule has 98 valence electrons. The van der Waals surface area contributed by atoms with Crippen LogP contribution in [0.1, 0.15) is 5.56 Å². The van der Waals surface area contributed by atoms with Crippen LogP contribution < -0.4 is 10.8 Å². The zero-order valence-corrected chi connectivity index (χ0v) is 10.7. The Morgan fingerprint density at radius 1 is 1.21 bits per heavy atom. The molecule has 2 aromatic rings. The molecular weight excluding hydrogens is 266 g/mol. The number of nitrogens with one attached hydrogen (secondary N) is 2. The number of aromatic nitrogens is 1. The van der Waals surface area contributed by atoms with Gasteiger partial charge in [-0.15, -0.1) is 0 Å². The Bertz CT molecular complexity index is 549. The van der Waals surface area contributed by atoms with Crippen LogP contribution in [0.5, 0.6) is 0 Å². The van der Waals surface area contributed by atoms with Gasteiger partial charge in [-0.05, 0) is 17.7 Å². The van der Waals surface area contributed by atoms with E-state index in [0.717, 1.165) is 5.56 Å². The fraction of sp³-hybridized carbons (Fsp3) is 0.0769. The van der Waals surface area contributed by atoms with E-state index < -0.39 is 6.03 Å². The van der Waals surface area contributed by atoms with E-state index in [1.165, 1.54) is 6.20 Å². The fourth-order valence-electron chi connectivity index (χ4n) is 1.39. The van der Waals surface area contributed by atoms with Crippen molar-refractivity contribution in [3.63, 3.8) is 0 Å². The van der Waals surface area contributed by atoms with Gasteiger partial charge in [0.2, 0.25) is 0 Å². The number of carbonyl (C=O) groups excluding carboxylic acids is 1. The van der Waals surface area contributed by atoms with E-state index in [9.17, 15) is 4.79 Å². The average Bonchev–Trinajstić information content (AvgIpc) is 2.43. The van der Waals surface area contributed by atoms with Gasteiger partial charge < -0.3 is 5.32 Å². The number of benzene rings is 1. The quantitative estimate of drug-likeness (QED) is 0.667. The second kappa shape index (κ2) is 6.72. The van der Waals surface area contributed by atoms with Gasteiger partial charge in [0.15, 0.2) is 5.15 Å². The molecule has 0 aliphatic carbocycles. The normalized spacial score (nSPS) is 9.95. The van der Waals surface area contributed by atoms with Crippen molar-refractivity contribution in [2.45, 2.75) is 6.61 Å². The number of amides is 2. The molecule has 1 aromatic carbocycles. The Morgan fingerprint density at radius 3 is 2.74 bits per heavy atom. The van der Waals surface area contributed by atoms with E-state index in [4.69, 9.17) is 16.4 Å². The summed E-state index contributed by atoms with van der Waals surface area (Å²) in [6.45, 7) is 0.287. The topological polar surface area (TPSA) is 63.2 Å². The van der Waals surface area contributed by atoms with Crippen LogP contribution in [-0.4, -0.2) is 11.0 Å². The van der Waals surface area contributed by atoms with Crippen LogP contribution in [0.15, 0.2) is 48.7 Å². The number of hydrogen-bond acceptors (Lipinski definition) is 3. The Hall–Kier alpha value is -2.11. The Labute approximate surface area is 115 Å². The number of hydroxylamine groups is 1. The van der Waals surface area contributed by atoms with Crippen molar-refractivity contribution in [1.29, 1.82) is 0 Å². The van der Waals surface area contributed by atoms with Crippen LogP contribution in [0.25, 0.3) is 0 Å². The standard InChI is InChI=1S/C13H12ClN3O2/c14-12-11(7-4-8-15-12)16-13(18)17-19-9-10-5-2-1-3-6-10/h1-8H,9H2,(H2,16,17,18). The van der Waals surface area contributed by atoms with Crippen LogP contribution in [-0.2, 0) is 11.4 Å². The summed E-state index contributed by atoms with van der Waals surface area (Å²) in [6.07, 6.45) is 1.54. The average molecular weight is 278 g/mol. The van der Waals surface area contributed by atoms with Crippen LogP contribution >= 0.6 is 11.6 Å². The largest absolute Gasteiger partial charge is 0.343 e. The highest BCUT2D eigenvalue weighted by Crippen LogP contribution is 2.16. The van der Waals surface area contributed by atoms with Gasteiger partial charge in [-0.2, -0.15) is 0 Å². The summed E-state index contributed by atoms with van der Waals surface area (Å²) in [5, 5.41) is 2.75. The van der Waals surface area contributed by atoms with E-state index in [-0.39, 0.29) is 11.8 Å². The van der Waals surface area contributed by atoms with Crippen molar-refractivity contribution >= 4 is 23.3 Å². The predicted molar refractivity (Wildman–Crippen MR) is 72.6 cm³/mol. The number of anilines is 1. The second-order valence-corrected chi connectivity index (χ2v) is 4.03. The molecule has 0 atom stereocenters. The maximum atomic E-state index is 11.5. The molecule has 2 rings (SSSR count). The summed E-state index contributed by atoms with van der Waals surface area (Å²) in [5.74, 6) is 0. The Kier molecular flexibility index (Phi) is 4.72.